The molecule has 23 heavy (non-hydrogen) atoms. The average Bonchev–Trinajstić information content (AvgIpc) is 2.95. The van der Waals surface area contributed by atoms with E-state index in [1.165, 1.54) is 12.2 Å². The van der Waals surface area contributed by atoms with Crippen LogP contribution in [-0.4, -0.2) is 18.4 Å². The predicted octanol–water partition coefficient (Wildman–Crippen LogP) is 2.14. The van der Waals surface area contributed by atoms with Gasteiger partial charge in [0.05, 0.1) is 0 Å². The molecule has 0 aliphatic heterocycles. The van der Waals surface area contributed by atoms with Gasteiger partial charge in [0.15, 0.2) is 6.61 Å². The van der Waals surface area contributed by atoms with Crippen molar-refractivity contribution in [2.45, 2.75) is 13.8 Å². The van der Waals surface area contributed by atoms with Gasteiger partial charge >= 0.3 is 0 Å². The van der Waals surface area contributed by atoms with Crippen molar-refractivity contribution in [2.75, 3.05) is 6.61 Å². The molecule has 6 nitrogen and oxygen atoms in total. The Labute approximate surface area is 134 Å². The number of hydrazine groups is 1. The molecule has 0 radical (unpaired) electrons. The number of hydrogen-bond acceptors (Lipinski definition) is 4. The summed E-state index contributed by atoms with van der Waals surface area (Å²) in [5, 5.41) is 0. The molecule has 1 aromatic heterocycles. The number of para-hydroxylation sites is 1. The van der Waals surface area contributed by atoms with Gasteiger partial charge in [-0.2, -0.15) is 0 Å². The molecule has 0 aliphatic rings. The van der Waals surface area contributed by atoms with E-state index in [-0.39, 0.29) is 6.61 Å². The minimum atomic E-state index is -0.469. The van der Waals surface area contributed by atoms with Crippen molar-refractivity contribution in [3.63, 3.8) is 0 Å². The highest BCUT2D eigenvalue weighted by molar-refractivity contribution is 5.92. The summed E-state index contributed by atoms with van der Waals surface area (Å²) in [7, 11) is 0. The third-order valence-corrected chi connectivity index (χ3v) is 2.94. The van der Waals surface area contributed by atoms with Crippen LogP contribution in [0.4, 0.5) is 0 Å². The second-order valence-electron chi connectivity index (χ2n) is 4.87. The molecule has 0 saturated heterocycles. The Morgan fingerprint density at radius 2 is 1.91 bits per heavy atom. The highest BCUT2D eigenvalue weighted by atomic mass is 16.5. The monoisotopic (exact) mass is 314 g/mol. The fraction of sp³-hybridized carbons (Fsp3) is 0.176. The van der Waals surface area contributed by atoms with Gasteiger partial charge in [-0.1, -0.05) is 18.2 Å². The van der Waals surface area contributed by atoms with Gasteiger partial charge in [-0.25, -0.2) is 0 Å². The first-order valence-corrected chi connectivity index (χ1v) is 7.06. The molecule has 120 valence electrons. The normalized spacial score (nSPS) is 10.5. The Bertz CT molecular complexity index is 719. The topological polar surface area (TPSA) is 80.6 Å². The first-order valence-electron chi connectivity index (χ1n) is 7.06. The van der Waals surface area contributed by atoms with Crippen LogP contribution in [-0.2, 0) is 9.59 Å². The molecule has 0 bridgehead atoms. The lowest BCUT2D eigenvalue weighted by Gasteiger charge is -2.09. The van der Waals surface area contributed by atoms with Crippen LogP contribution in [0.3, 0.4) is 0 Å². The number of carbonyl (C=O) groups excluding carboxylic acids is 2. The molecule has 0 aliphatic carbocycles. The zero-order valence-electron chi connectivity index (χ0n) is 13.0. The van der Waals surface area contributed by atoms with Gasteiger partial charge in [0.25, 0.3) is 11.8 Å². The second kappa shape index (κ2) is 7.84. The van der Waals surface area contributed by atoms with Gasteiger partial charge in [-0.3, -0.25) is 20.4 Å². The largest absolute Gasteiger partial charge is 0.483 e. The minimum Gasteiger partial charge on any atom is -0.483 e. The van der Waals surface area contributed by atoms with Gasteiger partial charge in [0, 0.05) is 6.08 Å². The fourth-order valence-electron chi connectivity index (χ4n) is 1.77. The Balaban J connectivity index is 1.72. The molecule has 0 saturated carbocycles. The van der Waals surface area contributed by atoms with E-state index in [4.69, 9.17) is 9.15 Å². The zero-order chi connectivity index (χ0) is 16.7. The van der Waals surface area contributed by atoms with Gasteiger partial charge < -0.3 is 9.15 Å². The number of rotatable bonds is 5. The molecular formula is C17H18N2O4. The average molecular weight is 314 g/mol. The van der Waals surface area contributed by atoms with E-state index < -0.39 is 11.8 Å². The maximum atomic E-state index is 11.6. The summed E-state index contributed by atoms with van der Waals surface area (Å²) < 4.78 is 10.7. The first-order chi connectivity index (χ1) is 11.0. The molecule has 0 atom stereocenters. The Hall–Kier alpha value is -3.02. The number of aryl methyl sites for hydroxylation is 2. The van der Waals surface area contributed by atoms with Crippen molar-refractivity contribution >= 4 is 17.9 Å². The number of benzene rings is 1. The summed E-state index contributed by atoms with van der Waals surface area (Å²) in [6.45, 7) is 3.51. The molecule has 6 heteroatoms. The number of amides is 2. The van der Waals surface area contributed by atoms with Crippen LogP contribution in [0.15, 0.2) is 46.9 Å². The summed E-state index contributed by atoms with van der Waals surface area (Å²) in [6.07, 6.45) is 2.78. The smallest absolute Gasteiger partial charge is 0.276 e. The van der Waals surface area contributed by atoms with E-state index in [9.17, 15) is 9.59 Å². The summed E-state index contributed by atoms with van der Waals surface area (Å²) in [5.41, 5.74) is 5.46. The van der Waals surface area contributed by atoms with Crippen molar-refractivity contribution in [2.24, 2.45) is 0 Å². The summed E-state index contributed by atoms with van der Waals surface area (Å²) in [6, 6.07) is 10.9. The van der Waals surface area contributed by atoms with Crippen LogP contribution >= 0.6 is 0 Å². The van der Waals surface area contributed by atoms with Crippen molar-refractivity contribution in [3.05, 3.63) is 59.6 Å². The minimum absolute atomic E-state index is 0.188. The van der Waals surface area contributed by atoms with Crippen LogP contribution in [0.5, 0.6) is 5.75 Å². The van der Waals surface area contributed by atoms with Crippen molar-refractivity contribution < 1.29 is 18.7 Å². The lowest BCUT2D eigenvalue weighted by molar-refractivity contribution is -0.128. The predicted molar refractivity (Wildman–Crippen MR) is 85.4 cm³/mol. The number of nitrogens with one attached hydrogen (secondary N) is 2. The summed E-state index contributed by atoms with van der Waals surface area (Å²) >= 11 is 0. The van der Waals surface area contributed by atoms with E-state index in [1.807, 2.05) is 32.0 Å². The molecular weight excluding hydrogens is 296 g/mol. The van der Waals surface area contributed by atoms with Crippen LogP contribution < -0.4 is 15.6 Å². The lowest BCUT2D eigenvalue weighted by Crippen LogP contribution is -2.43. The van der Waals surface area contributed by atoms with Crippen LogP contribution in [0.2, 0.25) is 0 Å². The van der Waals surface area contributed by atoms with Gasteiger partial charge in [-0.05, 0) is 43.7 Å². The number of ether oxygens (including phenoxy) is 1. The Kier molecular flexibility index (Phi) is 5.57. The van der Waals surface area contributed by atoms with Crippen LogP contribution in [0.1, 0.15) is 17.1 Å². The van der Waals surface area contributed by atoms with Gasteiger partial charge in [0.1, 0.15) is 17.3 Å². The van der Waals surface area contributed by atoms with Gasteiger partial charge in [-0.15, -0.1) is 0 Å². The zero-order valence-corrected chi connectivity index (χ0v) is 13.0. The third-order valence-electron chi connectivity index (χ3n) is 2.94. The summed E-state index contributed by atoms with van der Waals surface area (Å²) in [4.78, 5) is 23.2. The molecule has 0 unspecified atom stereocenters. The summed E-state index contributed by atoms with van der Waals surface area (Å²) in [5.74, 6) is 1.02. The Morgan fingerprint density at radius 3 is 2.61 bits per heavy atom. The maximum Gasteiger partial charge on any atom is 0.276 e. The first kappa shape index (κ1) is 16.4. The van der Waals surface area contributed by atoms with Crippen LogP contribution in [0, 0.1) is 13.8 Å². The maximum absolute atomic E-state index is 11.6. The molecule has 2 aromatic rings. The highest BCUT2D eigenvalue weighted by Crippen LogP contribution is 2.15. The van der Waals surface area contributed by atoms with E-state index in [0.29, 0.717) is 11.5 Å². The molecule has 2 amide bonds. The van der Waals surface area contributed by atoms with Crippen molar-refractivity contribution in [1.82, 2.24) is 10.9 Å². The molecule has 0 fully saturated rings. The highest BCUT2D eigenvalue weighted by Gasteiger charge is 2.05. The van der Waals surface area contributed by atoms with Crippen molar-refractivity contribution in [1.29, 1.82) is 0 Å². The van der Waals surface area contributed by atoms with E-state index >= 15 is 0 Å². The molecule has 1 heterocycles. The third kappa shape index (κ3) is 5.35. The number of carbonyl (C=O) groups is 2. The SMILES string of the molecule is Cc1ccc(/C=C/C(=O)NNC(=O)COc2ccccc2C)o1. The second-order valence-corrected chi connectivity index (χ2v) is 4.87. The molecule has 2 rings (SSSR count). The van der Waals surface area contributed by atoms with E-state index in [2.05, 4.69) is 10.9 Å². The standard InChI is InChI=1S/C17H18N2O4/c1-12-5-3-4-6-15(12)22-11-17(21)19-18-16(20)10-9-14-8-7-13(2)23-14/h3-10H,11H2,1-2H3,(H,18,20)(H,19,21)/b10-9+. The van der Waals surface area contributed by atoms with Gasteiger partial charge in [0.2, 0.25) is 0 Å². The molecule has 0 spiro atoms. The molecule has 2 N–H and O–H groups in total. The lowest BCUT2D eigenvalue weighted by atomic mass is 10.2. The number of furan rings is 1. The quantitative estimate of drug-likeness (QED) is 0.654. The van der Waals surface area contributed by atoms with Crippen molar-refractivity contribution in [3.8, 4) is 5.75 Å². The Morgan fingerprint density at radius 1 is 1.13 bits per heavy atom. The van der Waals surface area contributed by atoms with E-state index in [0.717, 1.165) is 11.3 Å². The molecule has 1 aromatic carbocycles. The van der Waals surface area contributed by atoms with E-state index in [1.54, 1.807) is 18.2 Å². The number of hydrogen-bond donors (Lipinski definition) is 2. The fourth-order valence-corrected chi connectivity index (χ4v) is 1.77. The van der Waals surface area contributed by atoms with Crippen LogP contribution in [0.25, 0.3) is 6.08 Å².